The van der Waals surface area contributed by atoms with Crippen molar-refractivity contribution in [1.29, 1.82) is 0 Å². The second kappa shape index (κ2) is 5.40. The van der Waals surface area contributed by atoms with Crippen molar-refractivity contribution in [3.05, 3.63) is 12.3 Å². The Balaban J connectivity index is 2.01. The van der Waals surface area contributed by atoms with Gasteiger partial charge in [-0.15, -0.1) is 0 Å². The van der Waals surface area contributed by atoms with Crippen LogP contribution in [0.2, 0.25) is 0 Å². The highest BCUT2D eigenvalue weighted by molar-refractivity contribution is 5.17. The van der Waals surface area contributed by atoms with Gasteiger partial charge in [-0.1, -0.05) is 25.8 Å². The average Bonchev–Trinajstić information content (AvgIpc) is 2.39. The molecule has 1 saturated carbocycles. The van der Waals surface area contributed by atoms with Gasteiger partial charge in [-0.05, 0) is 26.9 Å². The maximum absolute atomic E-state index is 4.41. The van der Waals surface area contributed by atoms with Crippen LogP contribution in [0.4, 0.5) is 0 Å². The lowest BCUT2D eigenvalue weighted by Gasteiger charge is -2.46. The molecule has 1 aliphatic carbocycles. The highest BCUT2D eigenvalue weighted by Crippen LogP contribution is 2.35. The fourth-order valence-corrected chi connectivity index (χ4v) is 3.22. The molecule has 0 bridgehead atoms. The molecule has 0 atom stereocenters. The summed E-state index contributed by atoms with van der Waals surface area (Å²) in [6.45, 7) is 9.02. The fraction of sp³-hybridized carbons (Fsp3) is 0.857. The SMILES string of the molecule is C=C(N1CCN(C)CC1)C1(NC)CCCCC1. The predicted octanol–water partition coefficient (Wildman–Crippen LogP) is 1.67. The van der Waals surface area contributed by atoms with Crippen LogP contribution in [0, 0.1) is 0 Å². The molecule has 2 fully saturated rings. The molecule has 0 amide bonds. The highest BCUT2D eigenvalue weighted by Gasteiger charge is 2.36. The molecule has 1 saturated heterocycles. The topological polar surface area (TPSA) is 18.5 Å². The number of nitrogens with zero attached hydrogens (tertiary/aromatic N) is 2. The standard InChI is InChI=1S/C14H27N3/c1-13(17-11-9-16(3)10-12-17)14(15-2)7-5-4-6-8-14/h15H,1,4-12H2,2-3H3. The van der Waals surface area contributed by atoms with E-state index >= 15 is 0 Å². The monoisotopic (exact) mass is 237 g/mol. The first-order valence-electron chi connectivity index (χ1n) is 7.00. The van der Waals surface area contributed by atoms with E-state index in [0.717, 1.165) is 13.1 Å². The normalized spacial score (nSPS) is 25.9. The van der Waals surface area contributed by atoms with Crippen molar-refractivity contribution in [2.75, 3.05) is 40.3 Å². The van der Waals surface area contributed by atoms with Crippen LogP contribution < -0.4 is 5.32 Å². The van der Waals surface area contributed by atoms with E-state index in [1.807, 2.05) is 0 Å². The number of hydrogen-bond donors (Lipinski definition) is 1. The maximum atomic E-state index is 4.41. The summed E-state index contributed by atoms with van der Waals surface area (Å²) in [5.74, 6) is 0. The Hall–Kier alpha value is -0.540. The van der Waals surface area contributed by atoms with Crippen molar-refractivity contribution in [2.24, 2.45) is 0 Å². The van der Waals surface area contributed by atoms with Crippen LogP contribution in [0.25, 0.3) is 0 Å². The van der Waals surface area contributed by atoms with Crippen molar-refractivity contribution in [3.63, 3.8) is 0 Å². The van der Waals surface area contributed by atoms with Gasteiger partial charge in [0.05, 0.1) is 5.54 Å². The van der Waals surface area contributed by atoms with Gasteiger partial charge >= 0.3 is 0 Å². The summed E-state index contributed by atoms with van der Waals surface area (Å²) in [6.07, 6.45) is 6.59. The molecular weight excluding hydrogens is 210 g/mol. The molecule has 2 aliphatic rings. The number of rotatable bonds is 3. The molecule has 1 aliphatic heterocycles. The minimum absolute atomic E-state index is 0.189. The first-order chi connectivity index (χ1) is 8.18. The van der Waals surface area contributed by atoms with Crippen molar-refractivity contribution in [1.82, 2.24) is 15.1 Å². The van der Waals surface area contributed by atoms with E-state index in [0.29, 0.717) is 0 Å². The fourth-order valence-electron chi connectivity index (χ4n) is 3.22. The first kappa shape index (κ1) is 12.9. The van der Waals surface area contributed by atoms with Crippen LogP contribution >= 0.6 is 0 Å². The lowest BCUT2D eigenvalue weighted by molar-refractivity contribution is 0.146. The molecule has 98 valence electrons. The van der Waals surface area contributed by atoms with E-state index in [2.05, 4.69) is 35.8 Å². The van der Waals surface area contributed by atoms with Crippen LogP contribution in [-0.2, 0) is 0 Å². The summed E-state index contributed by atoms with van der Waals surface area (Å²) in [7, 11) is 4.31. The van der Waals surface area contributed by atoms with Gasteiger partial charge < -0.3 is 15.1 Å². The molecule has 0 unspecified atom stereocenters. The Morgan fingerprint density at radius 1 is 1.06 bits per heavy atom. The van der Waals surface area contributed by atoms with E-state index < -0.39 is 0 Å². The molecule has 0 aromatic carbocycles. The largest absolute Gasteiger partial charge is 0.371 e. The molecule has 0 aromatic heterocycles. The number of likely N-dealkylation sites (N-methyl/N-ethyl adjacent to an activating group) is 2. The van der Waals surface area contributed by atoms with Gasteiger partial charge in [-0.3, -0.25) is 0 Å². The van der Waals surface area contributed by atoms with E-state index in [1.165, 1.54) is 50.9 Å². The Kier molecular flexibility index (Phi) is 4.10. The smallest absolute Gasteiger partial charge is 0.0576 e. The van der Waals surface area contributed by atoms with Crippen molar-refractivity contribution < 1.29 is 0 Å². The summed E-state index contributed by atoms with van der Waals surface area (Å²) >= 11 is 0. The van der Waals surface area contributed by atoms with Crippen molar-refractivity contribution >= 4 is 0 Å². The van der Waals surface area contributed by atoms with Crippen LogP contribution in [0.3, 0.4) is 0 Å². The van der Waals surface area contributed by atoms with E-state index in [-0.39, 0.29) is 5.54 Å². The molecule has 17 heavy (non-hydrogen) atoms. The molecular formula is C14H27N3. The average molecular weight is 237 g/mol. The minimum Gasteiger partial charge on any atom is -0.371 e. The summed E-state index contributed by atoms with van der Waals surface area (Å²) in [6, 6.07) is 0. The van der Waals surface area contributed by atoms with Gasteiger partial charge in [-0.2, -0.15) is 0 Å². The quantitative estimate of drug-likeness (QED) is 0.805. The van der Waals surface area contributed by atoms with E-state index in [4.69, 9.17) is 0 Å². The second-order valence-electron chi connectivity index (χ2n) is 5.63. The lowest BCUT2D eigenvalue weighted by Crippen LogP contribution is -2.54. The minimum atomic E-state index is 0.189. The molecule has 1 N–H and O–H groups in total. The van der Waals surface area contributed by atoms with Gasteiger partial charge in [0.2, 0.25) is 0 Å². The summed E-state index contributed by atoms with van der Waals surface area (Å²) in [5.41, 5.74) is 1.53. The van der Waals surface area contributed by atoms with E-state index in [1.54, 1.807) is 0 Å². The molecule has 3 heteroatoms. The van der Waals surface area contributed by atoms with Crippen LogP contribution in [-0.4, -0.2) is 55.6 Å². The van der Waals surface area contributed by atoms with Gasteiger partial charge in [0.15, 0.2) is 0 Å². The second-order valence-corrected chi connectivity index (χ2v) is 5.63. The number of hydrogen-bond acceptors (Lipinski definition) is 3. The zero-order chi connectivity index (χ0) is 12.3. The van der Waals surface area contributed by atoms with Gasteiger partial charge in [0.1, 0.15) is 0 Å². The molecule has 0 aromatic rings. The molecule has 2 rings (SSSR count). The number of piperazine rings is 1. The Morgan fingerprint density at radius 2 is 1.65 bits per heavy atom. The highest BCUT2D eigenvalue weighted by atomic mass is 15.3. The summed E-state index contributed by atoms with van der Waals surface area (Å²) in [4.78, 5) is 4.90. The summed E-state index contributed by atoms with van der Waals surface area (Å²) in [5, 5.41) is 3.57. The molecule has 0 spiro atoms. The Bertz CT molecular complexity index is 261. The van der Waals surface area contributed by atoms with Crippen LogP contribution in [0.1, 0.15) is 32.1 Å². The third-order valence-electron chi connectivity index (χ3n) is 4.62. The third-order valence-corrected chi connectivity index (χ3v) is 4.62. The van der Waals surface area contributed by atoms with Crippen LogP contribution in [0.15, 0.2) is 12.3 Å². The zero-order valence-corrected chi connectivity index (χ0v) is 11.5. The molecule has 0 radical (unpaired) electrons. The van der Waals surface area contributed by atoms with Crippen molar-refractivity contribution in [2.45, 2.75) is 37.6 Å². The number of nitrogens with one attached hydrogen (secondary N) is 1. The van der Waals surface area contributed by atoms with Gasteiger partial charge in [-0.25, -0.2) is 0 Å². The van der Waals surface area contributed by atoms with Gasteiger partial charge in [0.25, 0.3) is 0 Å². The third kappa shape index (κ3) is 2.66. The van der Waals surface area contributed by atoms with Crippen molar-refractivity contribution in [3.8, 4) is 0 Å². The van der Waals surface area contributed by atoms with Gasteiger partial charge in [0, 0.05) is 31.9 Å². The lowest BCUT2D eigenvalue weighted by atomic mass is 9.79. The first-order valence-corrected chi connectivity index (χ1v) is 7.00. The maximum Gasteiger partial charge on any atom is 0.0576 e. The zero-order valence-electron chi connectivity index (χ0n) is 11.5. The molecule has 3 nitrogen and oxygen atoms in total. The summed E-state index contributed by atoms with van der Waals surface area (Å²) < 4.78 is 0. The predicted molar refractivity (Wildman–Crippen MR) is 73.1 cm³/mol. The Labute approximate surface area is 106 Å². The Morgan fingerprint density at radius 3 is 2.18 bits per heavy atom. The molecule has 1 heterocycles. The van der Waals surface area contributed by atoms with Crippen LogP contribution in [0.5, 0.6) is 0 Å². The van der Waals surface area contributed by atoms with E-state index in [9.17, 15) is 0 Å².